The van der Waals surface area contributed by atoms with E-state index in [-0.39, 0.29) is 12.5 Å². The lowest BCUT2D eigenvalue weighted by Gasteiger charge is -2.19. The van der Waals surface area contributed by atoms with Crippen LogP contribution in [0.15, 0.2) is 48.6 Å². The Kier molecular flexibility index (Phi) is 38.4. The maximum atomic E-state index is 12.4. The third kappa shape index (κ3) is 35.7. The van der Waals surface area contributed by atoms with Crippen LogP contribution >= 0.6 is 0 Å². The summed E-state index contributed by atoms with van der Waals surface area (Å²) >= 11 is 0. The molecule has 0 aromatic carbocycles. The van der Waals surface area contributed by atoms with Gasteiger partial charge in [-0.2, -0.15) is 0 Å². The molecule has 2 unspecified atom stereocenters. The third-order valence-corrected chi connectivity index (χ3v) is 9.26. The quantitative estimate of drug-likeness (QED) is 0.0455. The molecule has 0 aliphatic heterocycles. The standard InChI is InChI=1S/C44H81NO3/c1-3-5-7-9-11-13-15-17-19-21-22-23-24-26-28-30-32-34-36-38-40-44(48)45-42(41-46)43(47)39-37-35-33-31-29-27-25-20-18-16-14-12-10-8-6-4-2/h18,20,22-23,29,31,37,39,42-43,46-47H,3-17,19,21,24-28,30,32-36,38,40-41H2,1-2H3,(H,45,48)/b20-18+,23-22-,31-29+,39-37+. The zero-order chi connectivity index (χ0) is 35.0. The van der Waals surface area contributed by atoms with E-state index in [4.69, 9.17) is 0 Å². The van der Waals surface area contributed by atoms with Crippen molar-refractivity contribution < 1.29 is 15.0 Å². The lowest BCUT2D eigenvalue weighted by molar-refractivity contribution is -0.123. The molecular formula is C44H81NO3. The first-order valence-electron chi connectivity index (χ1n) is 20.9. The van der Waals surface area contributed by atoms with E-state index in [0.717, 1.165) is 38.5 Å². The number of unbranched alkanes of at least 4 members (excludes halogenated alkanes) is 24. The lowest BCUT2D eigenvalue weighted by Crippen LogP contribution is -2.45. The zero-order valence-electron chi connectivity index (χ0n) is 32.0. The zero-order valence-corrected chi connectivity index (χ0v) is 32.0. The van der Waals surface area contributed by atoms with Crippen molar-refractivity contribution in [3.63, 3.8) is 0 Å². The topological polar surface area (TPSA) is 69.6 Å². The predicted octanol–water partition coefficient (Wildman–Crippen LogP) is 12.8. The van der Waals surface area contributed by atoms with Gasteiger partial charge in [0.1, 0.15) is 0 Å². The number of hydrogen-bond acceptors (Lipinski definition) is 3. The van der Waals surface area contributed by atoms with Gasteiger partial charge in [0, 0.05) is 6.42 Å². The van der Waals surface area contributed by atoms with E-state index in [9.17, 15) is 15.0 Å². The maximum absolute atomic E-state index is 12.4. The average Bonchev–Trinajstić information content (AvgIpc) is 3.09. The maximum Gasteiger partial charge on any atom is 0.220 e. The van der Waals surface area contributed by atoms with Gasteiger partial charge in [-0.3, -0.25) is 4.79 Å². The number of aliphatic hydroxyl groups excluding tert-OH is 2. The summed E-state index contributed by atoms with van der Waals surface area (Å²) in [6.07, 6.45) is 53.5. The molecule has 0 spiro atoms. The normalized spacial score (nSPS) is 13.5. The second-order valence-corrected chi connectivity index (χ2v) is 14.0. The molecule has 0 radical (unpaired) electrons. The Morgan fingerprint density at radius 1 is 0.479 bits per heavy atom. The minimum absolute atomic E-state index is 0.0837. The Morgan fingerprint density at radius 3 is 1.21 bits per heavy atom. The Labute approximate surface area is 299 Å². The molecule has 3 N–H and O–H groups in total. The van der Waals surface area contributed by atoms with Gasteiger partial charge in [0.15, 0.2) is 0 Å². The number of aliphatic hydroxyl groups is 2. The number of hydrogen-bond donors (Lipinski definition) is 3. The summed E-state index contributed by atoms with van der Waals surface area (Å²) in [5, 5.41) is 22.9. The second kappa shape index (κ2) is 39.8. The molecule has 0 aliphatic rings. The summed E-state index contributed by atoms with van der Waals surface area (Å²) < 4.78 is 0. The summed E-state index contributed by atoms with van der Waals surface area (Å²) in [7, 11) is 0. The minimum Gasteiger partial charge on any atom is -0.394 e. The van der Waals surface area contributed by atoms with Gasteiger partial charge in [-0.15, -0.1) is 0 Å². The van der Waals surface area contributed by atoms with E-state index in [0.29, 0.717) is 6.42 Å². The molecule has 4 nitrogen and oxygen atoms in total. The summed E-state index contributed by atoms with van der Waals surface area (Å²) in [6, 6.07) is -0.647. The molecule has 0 heterocycles. The molecule has 0 saturated carbocycles. The van der Waals surface area contributed by atoms with Crippen LogP contribution in [0.1, 0.15) is 206 Å². The van der Waals surface area contributed by atoms with Crippen LogP contribution in [-0.2, 0) is 4.79 Å². The Morgan fingerprint density at radius 2 is 0.812 bits per heavy atom. The van der Waals surface area contributed by atoms with Gasteiger partial charge in [0.25, 0.3) is 0 Å². The van der Waals surface area contributed by atoms with Gasteiger partial charge >= 0.3 is 0 Å². The van der Waals surface area contributed by atoms with Gasteiger partial charge < -0.3 is 15.5 Å². The smallest absolute Gasteiger partial charge is 0.220 e. The van der Waals surface area contributed by atoms with Gasteiger partial charge in [0.05, 0.1) is 18.8 Å². The first kappa shape index (κ1) is 46.4. The average molecular weight is 672 g/mol. The monoisotopic (exact) mass is 672 g/mol. The van der Waals surface area contributed by atoms with Gasteiger partial charge in [0.2, 0.25) is 5.91 Å². The van der Waals surface area contributed by atoms with E-state index >= 15 is 0 Å². The van der Waals surface area contributed by atoms with Crippen molar-refractivity contribution in [2.24, 2.45) is 0 Å². The molecule has 0 aromatic rings. The predicted molar refractivity (Wildman–Crippen MR) is 211 cm³/mol. The number of carbonyl (C=O) groups is 1. The number of allylic oxidation sites excluding steroid dienone is 7. The van der Waals surface area contributed by atoms with Crippen LogP contribution in [0.2, 0.25) is 0 Å². The van der Waals surface area contributed by atoms with E-state index < -0.39 is 12.1 Å². The van der Waals surface area contributed by atoms with Crippen molar-refractivity contribution in [2.75, 3.05) is 6.61 Å². The Balaban J connectivity index is 3.66. The first-order chi connectivity index (χ1) is 23.7. The van der Waals surface area contributed by atoms with Crippen LogP contribution in [0, 0.1) is 0 Å². The molecule has 280 valence electrons. The van der Waals surface area contributed by atoms with Crippen molar-refractivity contribution in [2.45, 2.75) is 219 Å². The fourth-order valence-electron chi connectivity index (χ4n) is 6.03. The summed E-state index contributed by atoms with van der Waals surface area (Å²) in [5.74, 6) is -0.0837. The summed E-state index contributed by atoms with van der Waals surface area (Å²) in [4.78, 5) is 12.4. The van der Waals surface area contributed by atoms with Gasteiger partial charge in [-0.05, 0) is 70.6 Å². The van der Waals surface area contributed by atoms with Crippen LogP contribution in [0.3, 0.4) is 0 Å². The van der Waals surface area contributed by atoms with E-state index in [1.807, 2.05) is 6.08 Å². The van der Waals surface area contributed by atoms with E-state index in [1.54, 1.807) is 6.08 Å². The Hall–Kier alpha value is -1.65. The highest BCUT2D eigenvalue weighted by molar-refractivity contribution is 5.76. The van der Waals surface area contributed by atoms with E-state index in [2.05, 4.69) is 55.6 Å². The van der Waals surface area contributed by atoms with Crippen molar-refractivity contribution >= 4 is 5.91 Å². The van der Waals surface area contributed by atoms with Crippen molar-refractivity contribution in [3.8, 4) is 0 Å². The number of rotatable bonds is 37. The Bertz CT molecular complexity index is 771. The third-order valence-electron chi connectivity index (χ3n) is 9.26. The molecule has 4 heteroatoms. The van der Waals surface area contributed by atoms with Crippen LogP contribution in [0.5, 0.6) is 0 Å². The number of amides is 1. The molecule has 0 bridgehead atoms. The molecular weight excluding hydrogens is 590 g/mol. The molecule has 2 atom stereocenters. The van der Waals surface area contributed by atoms with Gasteiger partial charge in [-0.1, -0.05) is 178 Å². The van der Waals surface area contributed by atoms with Gasteiger partial charge in [-0.25, -0.2) is 0 Å². The lowest BCUT2D eigenvalue weighted by atomic mass is 10.1. The summed E-state index contributed by atoms with van der Waals surface area (Å²) in [5.41, 5.74) is 0. The van der Waals surface area contributed by atoms with Crippen molar-refractivity contribution in [3.05, 3.63) is 48.6 Å². The number of nitrogens with one attached hydrogen (secondary N) is 1. The molecule has 0 rings (SSSR count). The SMILES string of the molecule is CCCCCCCC/C=C/CC/C=C/CC/C=C/C(O)C(CO)NC(=O)CCCCCCCCC/C=C\CCCCCCCCCCC. The van der Waals surface area contributed by atoms with Crippen LogP contribution in [-0.4, -0.2) is 34.9 Å². The van der Waals surface area contributed by atoms with Crippen LogP contribution in [0.25, 0.3) is 0 Å². The van der Waals surface area contributed by atoms with Crippen LogP contribution in [0.4, 0.5) is 0 Å². The highest BCUT2D eigenvalue weighted by atomic mass is 16.3. The molecule has 0 fully saturated rings. The fourth-order valence-corrected chi connectivity index (χ4v) is 6.03. The second-order valence-electron chi connectivity index (χ2n) is 14.0. The number of carbonyl (C=O) groups excluding carboxylic acids is 1. The van der Waals surface area contributed by atoms with Crippen molar-refractivity contribution in [1.82, 2.24) is 5.32 Å². The van der Waals surface area contributed by atoms with Crippen molar-refractivity contribution in [1.29, 1.82) is 0 Å². The molecule has 1 amide bonds. The molecule has 0 aliphatic carbocycles. The molecule has 0 saturated heterocycles. The fraction of sp³-hybridized carbons (Fsp3) is 0.795. The first-order valence-corrected chi connectivity index (χ1v) is 20.9. The van der Waals surface area contributed by atoms with E-state index in [1.165, 1.54) is 148 Å². The molecule has 0 aromatic heterocycles. The summed E-state index contributed by atoms with van der Waals surface area (Å²) in [6.45, 7) is 4.28. The highest BCUT2D eigenvalue weighted by Crippen LogP contribution is 2.13. The van der Waals surface area contributed by atoms with Crippen LogP contribution < -0.4 is 5.32 Å². The largest absolute Gasteiger partial charge is 0.394 e. The minimum atomic E-state index is -0.871. The molecule has 48 heavy (non-hydrogen) atoms. The highest BCUT2D eigenvalue weighted by Gasteiger charge is 2.17.